The van der Waals surface area contributed by atoms with E-state index < -0.39 is 11.6 Å². The summed E-state index contributed by atoms with van der Waals surface area (Å²) in [4.78, 5) is 38.6. The fraction of sp³-hybridized carbons (Fsp3) is 0.318. The molecule has 0 saturated heterocycles. The van der Waals surface area contributed by atoms with Crippen LogP contribution in [0.2, 0.25) is 0 Å². The first-order chi connectivity index (χ1) is 14.0. The Balaban J connectivity index is 1.85. The number of nitrogens with zero attached hydrogens (tertiary/aromatic N) is 2. The van der Waals surface area contributed by atoms with Crippen molar-refractivity contribution in [3.8, 4) is 0 Å². The minimum absolute atomic E-state index is 0.0836. The van der Waals surface area contributed by atoms with Gasteiger partial charge in [0.25, 0.3) is 0 Å². The number of benzene rings is 1. The number of esters is 1. The molecule has 1 aromatic carbocycles. The van der Waals surface area contributed by atoms with Gasteiger partial charge in [-0.05, 0) is 36.6 Å². The highest BCUT2D eigenvalue weighted by molar-refractivity contribution is 5.97. The first-order valence-corrected chi connectivity index (χ1v) is 9.48. The van der Waals surface area contributed by atoms with Crippen molar-refractivity contribution < 1.29 is 23.9 Å². The molecule has 7 nitrogen and oxygen atoms in total. The van der Waals surface area contributed by atoms with Gasteiger partial charge in [-0.2, -0.15) is 0 Å². The highest BCUT2D eigenvalue weighted by atomic mass is 16.5. The summed E-state index contributed by atoms with van der Waals surface area (Å²) in [5.74, 6) is -0.411. The van der Waals surface area contributed by atoms with Gasteiger partial charge in [0.2, 0.25) is 5.91 Å². The van der Waals surface area contributed by atoms with Gasteiger partial charge >= 0.3 is 12.1 Å². The van der Waals surface area contributed by atoms with Crippen LogP contribution in [0.25, 0.3) is 17.0 Å². The van der Waals surface area contributed by atoms with Crippen LogP contribution in [-0.2, 0) is 25.5 Å². The molecule has 0 unspecified atom stereocenters. The minimum Gasteiger partial charge on any atom is -0.469 e. The molecule has 0 fully saturated rings. The van der Waals surface area contributed by atoms with E-state index in [0.717, 1.165) is 22.2 Å². The molecule has 0 radical (unpaired) electrons. The van der Waals surface area contributed by atoms with E-state index in [9.17, 15) is 14.4 Å². The molecule has 2 aromatic rings. The predicted molar refractivity (Wildman–Crippen MR) is 107 cm³/mol. The van der Waals surface area contributed by atoms with Gasteiger partial charge in [-0.3, -0.25) is 9.59 Å². The smallest absolute Gasteiger partial charge is 0.418 e. The third kappa shape index (κ3) is 3.03. The van der Waals surface area contributed by atoms with E-state index >= 15 is 0 Å². The number of methoxy groups -OCH3 is 2. The summed E-state index contributed by atoms with van der Waals surface area (Å²) >= 11 is 0. The van der Waals surface area contributed by atoms with Crippen LogP contribution in [0.1, 0.15) is 24.1 Å². The van der Waals surface area contributed by atoms with Crippen molar-refractivity contribution in [1.82, 2.24) is 9.47 Å². The van der Waals surface area contributed by atoms with Gasteiger partial charge in [0, 0.05) is 24.4 Å². The Morgan fingerprint density at radius 1 is 1.10 bits per heavy atom. The number of rotatable bonds is 3. The molecule has 2 aliphatic rings. The summed E-state index contributed by atoms with van der Waals surface area (Å²) in [6, 6.07) is 7.65. The largest absolute Gasteiger partial charge is 0.469 e. The molecule has 0 aliphatic carbocycles. The zero-order valence-corrected chi connectivity index (χ0v) is 16.4. The maximum atomic E-state index is 12.5. The number of ether oxygens (including phenoxy) is 2. The van der Waals surface area contributed by atoms with E-state index in [0.29, 0.717) is 19.4 Å². The number of amides is 1. The van der Waals surface area contributed by atoms with Crippen LogP contribution < -0.4 is 0 Å². The molecule has 3 heterocycles. The fourth-order valence-electron chi connectivity index (χ4n) is 4.27. The summed E-state index contributed by atoms with van der Waals surface area (Å²) in [5, 5.41) is 0.958. The lowest BCUT2D eigenvalue weighted by Crippen LogP contribution is -2.46. The molecule has 0 N–H and O–H groups in total. The number of carbonyl (C=O) groups excluding carboxylic acids is 3. The molecule has 2 aliphatic heterocycles. The topological polar surface area (TPSA) is 77.8 Å². The number of hydrogen-bond donors (Lipinski definition) is 0. The molecular weight excluding hydrogens is 372 g/mol. The van der Waals surface area contributed by atoms with Crippen molar-refractivity contribution in [1.29, 1.82) is 0 Å². The highest BCUT2D eigenvalue weighted by Crippen LogP contribution is 2.36. The van der Waals surface area contributed by atoms with Gasteiger partial charge < -0.3 is 14.4 Å². The fourth-order valence-corrected chi connectivity index (χ4v) is 4.27. The Labute approximate surface area is 168 Å². The molecule has 0 saturated carbocycles. The van der Waals surface area contributed by atoms with Crippen LogP contribution in [0.3, 0.4) is 0 Å². The molecule has 1 amide bonds. The molecule has 1 aromatic heterocycles. The van der Waals surface area contributed by atoms with E-state index in [-0.39, 0.29) is 18.3 Å². The second kappa shape index (κ2) is 7.24. The van der Waals surface area contributed by atoms with Gasteiger partial charge in [0.05, 0.1) is 31.0 Å². The Kier molecular flexibility index (Phi) is 4.74. The maximum absolute atomic E-state index is 12.5. The molecular formula is C22H22N2O5. The van der Waals surface area contributed by atoms with Crippen LogP contribution in [0.5, 0.6) is 0 Å². The molecule has 7 heteroatoms. The lowest BCUT2D eigenvalue weighted by molar-refractivity contribution is -0.141. The number of carbonyl (C=O) groups is 3. The lowest BCUT2D eigenvalue weighted by atomic mass is 9.89. The summed E-state index contributed by atoms with van der Waals surface area (Å²) in [5.41, 5.74) is 1.77. The standard InChI is InChI=1S/C22H22N2O5/c1-28-20(26)9-13-22-11-7-18-16(10-14-23(22)19(25)8-12-22)15-5-3-4-6-17(15)24(18)21(27)29-2/h3-8,11-12H,9-10,13-14H2,1-2H3/b11-7-/t22-/m0/s1. The zero-order chi connectivity index (χ0) is 20.6. The van der Waals surface area contributed by atoms with Gasteiger partial charge in [0.15, 0.2) is 0 Å². The van der Waals surface area contributed by atoms with E-state index in [4.69, 9.17) is 9.47 Å². The highest BCUT2D eigenvalue weighted by Gasteiger charge is 2.40. The predicted octanol–water partition coefficient (Wildman–Crippen LogP) is 2.92. The van der Waals surface area contributed by atoms with Crippen LogP contribution in [0, 0.1) is 0 Å². The third-order valence-electron chi connectivity index (χ3n) is 5.73. The van der Waals surface area contributed by atoms with Gasteiger partial charge in [-0.15, -0.1) is 0 Å². The van der Waals surface area contributed by atoms with E-state index in [2.05, 4.69) is 0 Å². The van der Waals surface area contributed by atoms with Gasteiger partial charge in [-0.25, -0.2) is 9.36 Å². The van der Waals surface area contributed by atoms with E-state index in [1.165, 1.54) is 14.2 Å². The van der Waals surface area contributed by atoms with Gasteiger partial charge in [-0.1, -0.05) is 24.3 Å². The Morgan fingerprint density at radius 3 is 2.62 bits per heavy atom. The normalized spacial score (nSPS) is 21.3. The lowest BCUT2D eigenvalue weighted by Gasteiger charge is -2.37. The van der Waals surface area contributed by atoms with Crippen LogP contribution in [0.15, 0.2) is 42.5 Å². The molecule has 29 heavy (non-hydrogen) atoms. The van der Waals surface area contributed by atoms with Crippen molar-refractivity contribution in [2.75, 3.05) is 20.8 Å². The zero-order valence-electron chi connectivity index (χ0n) is 16.4. The van der Waals surface area contributed by atoms with Crippen molar-refractivity contribution >= 4 is 34.9 Å². The first kappa shape index (κ1) is 19.0. The summed E-state index contributed by atoms with van der Waals surface area (Å²) in [7, 11) is 2.70. The van der Waals surface area contributed by atoms with Crippen LogP contribution in [0.4, 0.5) is 4.79 Å². The average molecular weight is 394 g/mol. The molecule has 0 spiro atoms. The number of para-hydroxylation sites is 1. The minimum atomic E-state index is -0.722. The van der Waals surface area contributed by atoms with E-state index in [1.54, 1.807) is 15.5 Å². The van der Waals surface area contributed by atoms with Gasteiger partial charge in [0.1, 0.15) is 0 Å². The van der Waals surface area contributed by atoms with Crippen molar-refractivity contribution in [3.05, 3.63) is 53.8 Å². The second-order valence-electron chi connectivity index (χ2n) is 7.16. The molecule has 1 atom stereocenters. The Morgan fingerprint density at radius 2 is 1.86 bits per heavy atom. The third-order valence-corrected chi connectivity index (χ3v) is 5.73. The maximum Gasteiger partial charge on any atom is 0.418 e. The summed E-state index contributed by atoms with van der Waals surface area (Å²) in [6.45, 7) is 0.472. The molecule has 150 valence electrons. The number of aromatic nitrogens is 1. The second-order valence-corrected chi connectivity index (χ2v) is 7.16. The number of fused-ring (bicyclic) bond motifs is 4. The Hall–Kier alpha value is -3.35. The summed E-state index contributed by atoms with van der Waals surface area (Å²) < 4.78 is 11.3. The Bertz CT molecular complexity index is 1060. The SMILES string of the molecule is COC(=O)CC[C@]12C=CC(=O)N1CCc1c(n(C(=O)OC)c3ccccc13)/C=C\2. The molecule has 4 rings (SSSR count). The van der Waals surface area contributed by atoms with Crippen molar-refractivity contribution in [2.24, 2.45) is 0 Å². The quantitative estimate of drug-likeness (QED) is 0.748. The summed E-state index contributed by atoms with van der Waals surface area (Å²) in [6.07, 6.45) is 7.83. The first-order valence-electron chi connectivity index (χ1n) is 9.48. The average Bonchev–Trinajstić information content (AvgIpc) is 3.20. The van der Waals surface area contributed by atoms with Crippen LogP contribution in [-0.4, -0.2) is 53.7 Å². The van der Waals surface area contributed by atoms with E-state index in [1.807, 2.05) is 42.5 Å². The monoisotopic (exact) mass is 394 g/mol. The molecule has 0 bridgehead atoms. The van der Waals surface area contributed by atoms with Crippen LogP contribution >= 0.6 is 0 Å². The van der Waals surface area contributed by atoms with Crippen molar-refractivity contribution in [3.63, 3.8) is 0 Å². The van der Waals surface area contributed by atoms with Crippen molar-refractivity contribution in [2.45, 2.75) is 24.8 Å². The number of hydrogen-bond acceptors (Lipinski definition) is 5.